The van der Waals surface area contributed by atoms with Gasteiger partial charge < -0.3 is 4.74 Å². The second kappa shape index (κ2) is 2.96. The lowest BCUT2D eigenvalue weighted by molar-refractivity contribution is -0.156. The van der Waals surface area contributed by atoms with E-state index < -0.39 is 11.4 Å². The Balaban J connectivity index is 3.99. The zero-order valence-electron chi connectivity index (χ0n) is 5.16. The van der Waals surface area contributed by atoms with Crippen LogP contribution in [0.2, 0.25) is 0 Å². The first-order valence-corrected chi connectivity index (χ1v) is 2.66. The Morgan fingerprint density at radius 3 is 2.20 bits per heavy atom. The summed E-state index contributed by atoms with van der Waals surface area (Å²) < 4.78 is 27.4. The highest BCUT2D eigenvalue weighted by atomic mass is 35.5. The SMILES string of the molecule is C=C(C)OC(=O)C(F)(F)Cl. The van der Waals surface area contributed by atoms with Crippen LogP contribution in [0.4, 0.5) is 8.78 Å². The van der Waals surface area contributed by atoms with E-state index in [0.717, 1.165) is 0 Å². The van der Waals surface area contributed by atoms with Crippen molar-refractivity contribution in [3.8, 4) is 0 Å². The minimum atomic E-state index is -3.96. The number of ether oxygens (including phenoxy) is 1. The van der Waals surface area contributed by atoms with Crippen molar-refractivity contribution in [2.75, 3.05) is 0 Å². The van der Waals surface area contributed by atoms with Crippen molar-refractivity contribution < 1.29 is 18.3 Å². The summed E-state index contributed by atoms with van der Waals surface area (Å²) in [5, 5.41) is -3.96. The fourth-order valence-corrected chi connectivity index (χ4v) is 0.255. The van der Waals surface area contributed by atoms with Crippen molar-refractivity contribution in [3.05, 3.63) is 12.3 Å². The maximum Gasteiger partial charge on any atom is 0.418 e. The van der Waals surface area contributed by atoms with Crippen molar-refractivity contribution >= 4 is 17.6 Å². The molecule has 0 fully saturated rings. The average Bonchev–Trinajstić information content (AvgIpc) is 1.60. The van der Waals surface area contributed by atoms with E-state index >= 15 is 0 Å². The summed E-state index contributed by atoms with van der Waals surface area (Å²) >= 11 is 4.28. The van der Waals surface area contributed by atoms with Gasteiger partial charge in [-0.05, 0) is 18.5 Å². The molecule has 0 spiro atoms. The van der Waals surface area contributed by atoms with Gasteiger partial charge in [-0.15, -0.1) is 0 Å². The molecule has 0 saturated heterocycles. The molecule has 0 saturated carbocycles. The maximum atomic E-state index is 11.7. The number of halogens is 3. The molecule has 0 bridgehead atoms. The number of esters is 1. The largest absolute Gasteiger partial charge is 0.427 e. The number of hydrogen-bond acceptors (Lipinski definition) is 2. The molecule has 0 amide bonds. The summed E-state index contributed by atoms with van der Waals surface area (Å²) in [6.45, 7) is 4.34. The predicted molar refractivity (Wildman–Crippen MR) is 31.7 cm³/mol. The van der Waals surface area contributed by atoms with Crippen molar-refractivity contribution in [2.24, 2.45) is 0 Å². The van der Waals surface area contributed by atoms with E-state index in [1.807, 2.05) is 0 Å². The molecule has 0 aliphatic heterocycles. The normalized spacial score (nSPS) is 10.8. The van der Waals surface area contributed by atoms with Gasteiger partial charge in [0.15, 0.2) is 0 Å². The molecule has 0 aromatic carbocycles. The van der Waals surface area contributed by atoms with Gasteiger partial charge in [0.1, 0.15) is 0 Å². The Bertz CT molecular complexity index is 162. The van der Waals surface area contributed by atoms with Gasteiger partial charge in [-0.2, -0.15) is 8.78 Å². The third-order valence-electron chi connectivity index (χ3n) is 0.498. The summed E-state index contributed by atoms with van der Waals surface area (Å²) in [7, 11) is 0. The monoisotopic (exact) mass is 170 g/mol. The van der Waals surface area contributed by atoms with Gasteiger partial charge in [0.05, 0.1) is 5.76 Å². The first kappa shape index (κ1) is 9.36. The van der Waals surface area contributed by atoms with Crippen molar-refractivity contribution in [3.63, 3.8) is 0 Å². The Hall–Kier alpha value is -0.640. The van der Waals surface area contributed by atoms with Gasteiger partial charge in [-0.3, -0.25) is 0 Å². The van der Waals surface area contributed by atoms with Crippen LogP contribution in [-0.4, -0.2) is 11.4 Å². The molecule has 0 radical (unpaired) electrons. The third-order valence-corrected chi connectivity index (χ3v) is 0.653. The van der Waals surface area contributed by atoms with E-state index in [1.54, 1.807) is 0 Å². The molecule has 0 aromatic rings. The molecule has 0 rings (SSSR count). The standard InChI is InChI=1S/C5H5ClF2O2/c1-3(2)10-4(9)5(6,7)8/h1H2,2H3. The molecule has 10 heavy (non-hydrogen) atoms. The van der Waals surface area contributed by atoms with E-state index in [4.69, 9.17) is 0 Å². The van der Waals surface area contributed by atoms with Crippen LogP contribution in [0.5, 0.6) is 0 Å². The summed E-state index contributed by atoms with van der Waals surface area (Å²) in [6, 6.07) is 0. The molecule has 0 N–H and O–H groups in total. The lowest BCUT2D eigenvalue weighted by atomic mass is 10.6. The summed E-state index contributed by atoms with van der Waals surface area (Å²) in [5.41, 5.74) is 0. The maximum absolute atomic E-state index is 11.7. The number of allylic oxidation sites excluding steroid dienone is 1. The Kier molecular flexibility index (Phi) is 2.77. The molecule has 0 unspecified atom stereocenters. The Labute approximate surface area is 61.4 Å². The smallest absolute Gasteiger partial charge is 0.418 e. The molecule has 0 aliphatic rings. The Morgan fingerprint density at radius 2 is 2.10 bits per heavy atom. The zero-order valence-corrected chi connectivity index (χ0v) is 5.91. The van der Waals surface area contributed by atoms with E-state index in [1.165, 1.54) is 6.92 Å². The van der Waals surface area contributed by atoms with Crippen LogP contribution in [0.1, 0.15) is 6.92 Å². The molecule has 2 nitrogen and oxygen atoms in total. The van der Waals surface area contributed by atoms with Crippen LogP contribution in [0.15, 0.2) is 12.3 Å². The van der Waals surface area contributed by atoms with Crippen LogP contribution >= 0.6 is 11.6 Å². The minimum Gasteiger partial charge on any atom is -0.427 e. The van der Waals surface area contributed by atoms with Crippen LogP contribution < -0.4 is 0 Å². The fourth-order valence-electron chi connectivity index (χ4n) is 0.216. The van der Waals surface area contributed by atoms with Crippen LogP contribution in [0, 0.1) is 0 Å². The quantitative estimate of drug-likeness (QED) is 0.359. The van der Waals surface area contributed by atoms with Gasteiger partial charge >= 0.3 is 11.4 Å². The molecule has 0 aliphatic carbocycles. The zero-order chi connectivity index (χ0) is 8.36. The summed E-state index contributed by atoms with van der Waals surface area (Å²) in [5.74, 6) is -1.92. The highest BCUT2D eigenvalue weighted by Gasteiger charge is 2.38. The van der Waals surface area contributed by atoms with Gasteiger partial charge in [-0.25, -0.2) is 4.79 Å². The first-order chi connectivity index (χ1) is 4.34. The Morgan fingerprint density at radius 1 is 1.70 bits per heavy atom. The molecule has 58 valence electrons. The van der Waals surface area contributed by atoms with Crippen molar-refractivity contribution in [2.45, 2.75) is 12.3 Å². The molecule has 0 heterocycles. The molecule has 0 aromatic heterocycles. The number of hydrogen-bond donors (Lipinski definition) is 0. The highest BCUT2D eigenvalue weighted by molar-refractivity contribution is 6.31. The van der Waals surface area contributed by atoms with Gasteiger partial charge in [-0.1, -0.05) is 6.58 Å². The summed E-state index contributed by atoms with van der Waals surface area (Å²) in [6.07, 6.45) is 0. The fraction of sp³-hybridized carbons (Fsp3) is 0.400. The topological polar surface area (TPSA) is 26.3 Å². The van der Waals surface area contributed by atoms with Crippen LogP contribution in [-0.2, 0) is 9.53 Å². The number of carbonyl (C=O) groups is 1. The highest BCUT2D eigenvalue weighted by Crippen LogP contribution is 2.21. The van der Waals surface area contributed by atoms with Gasteiger partial charge in [0.25, 0.3) is 0 Å². The molecule has 0 atom stereocenters. The lowest BCUT2D eigenvalue weighted by Gasteiger charge is -2.05. The minimum absolute atomic E-state index is 0.120. The van der Waals surface area contributed by atoms with E-state index in [0.29, 0.717) is 0 Å². The van der Waals surface area contributed by atoms with Crippen molar-refractivity contribution in [1.29, 1.82) is 0 Å². The number of carbonyl (C=O) groups excluding carboxylic acids is 1. The molecular weight excluding hydrogens is 166 g/mol. The van der Waals surface area contributed by atoms with Gasteiger partial charge in [0, 0.05) is 0 Å². The molecule has 5 heteroatoms. The lowest BCUT2D eigenvalue weighted by Crippen LogP contribution is -2.23. The second-order valence-corrected chi connectivity index (χ2v) is 2.06. The van der Waals surface area contributed by atoms with Crippen LogP contribution in [0.25, 0.3) is 0 Å². The number of rotatable bonds is 2. The summed E-state index contributed by atoms with van der Waals surface area (Å²) in [4.78, 5) is 10.1. The van der Waals surface area contributed by atoms with E-state index in [-0.39, 0.29) is 5.76 Å². The van der Waals surface area contributed by atoms with Crippen molar-refractivity contribution in [1.82, 2.24) is 0 Å². The predicted octanol–water partition coefficient (Wildman–Crippen LogP) is 1.89. The first-order valence-electron chi connectivity index (χ1n) is 2.28. The van der Waals surface area contributed by atoms with E-state index in [9.17, 15) is 13.6 Å². The van der Waals surface area contributed by atoms with Gasteiger partial charge in [0.2, 0.25) is 0 Å². The van der Waals surface area contributed by atoms with E-state index in [2.05, 4.69) is 22.9 Å². The van der Waals surface area contributed by atoms with Crippen LogP contribution in [0.3, 0.4) is 0 Å². The number of alkyl halides is 3. The average molecular weight is 171 g/mol. The molecular formula is C5H5ClF2O2. The third kappa shape index (κ3) is 3.40. The second-order valence-electron chi connectivity index (χ2n) is 1.59.